The molecule has 11 rings (SSSR count). The van der Waals surface area contributed by atoms with Crippen molar-refractivity contribution in [2.45, 2.75) is 0 Å². The predicted molar refractivity (Wildman–Crippen MR) is 218 cm³/mol. The smallest absolute Gasteiger partial charge is 0.164 e. The molecule has 0 atom stereocenters. The van der Waals surface area contributed by atoms with Crippen LogP contribution in [0, 0.1) is 0 Å². The fourth-order valence-corrected chi connectivity index (χ4v) is 8.99. The van der Waals surface area contributed by atoms with Crippen LogP contribution in [0.5, 0.6) is 0 Å². The van der Waals surface area contributed by atoms with Gasteiger partial charge in [0.1, 0.15) is 0 Å². The van der Waals surface area contributed by atoms with Crippen molar-refractivity contribution in [2.75, 3.05) is 0 Å². The fourth-order valence-electron chi connectivity index (χ4n) is 7.76. The number of hydrogen-bond donors (Lipinski definition) is 0. The Kier molecular flexibility index (Phi) is 6.39. The number of hydrogen-bond acceptors (Lipinski definition) is 4. The molecule has 0 aliphatic carbocycles. The Labute approximate surface area is 302 Å². The molecule has 0 saturated heterocycles. The van der Waals surface area contributed by atoms with Gasteiger partial charge in [0.2, 0.25) is 0 Å². The van der Waals surface area contributed by atoms with Crippen molar-refractivity contribution in [2.24, 2.45) is 0 Å². The van der Waals surface area contributed by atoms with Gasteiger partial charge in [-0.3, -0.25) is 0 Å². The molecule has 0 aliphatic rings. The Morgan fingerprint density at radius 2 is 0.962 bits per heavy atom. The third kappa shape index (κ3) is 4.50. The maximum Gasteiger partial charge on any atom is 0.164 e. The number of thiophene rings is 1. The first-order valence-corrected chi connectivity index (χ1v) is 18.3. The van der Waals surface area contributed by atoms with Crippen LogP contribution in [0.4, 0.5) is 0 Å². The van der Waals surface area contributed by atoms with Gasteiger partial charge in [-0.2, -0.15) is 0 Å². The summed E-state index contributed by atoms with van der Waals surface area (Å²) < 4.78 is 5.08. The van der Waals surface area contributed by atoms with Crippen LogP contribution in [-0.4, -0.2) is 19.5 Å². The quantitative estimate of drug-likeness (QED) is 0.186. The highest BCUT2D eigenvalue weighted by Gasteiger charge is 2.20. The van der Waals surface area contributed by atoms with Crippen LogP contribution in [0.3, 0.4) is 0 Å². The van der Waals surface area contributed by atoms with Crippen LogP contribution in [0.25, 0.3) is 103 Å². The summed E-state index contributed by atoms with van der Waals surface area (Å²) in [7, 11) is 0. The first-order valence-electron chi connectivity index (χ1n) is 17.4. The lowest BCUT2D eigenvalue weighted by Crippen LogP contribution is -2.00. The van der Waals surface area contributed by atoms with E-state index in [1.807, 2.05) is 72.0 Å². The SMILES string of the molecule is c1ccc(-c2nc(-c3ccccc3)nc(-c3ccc4c(c3)c3ccc5c(ccc6c7ccccc7sc65)c3n4-c3ccc4ccccc4c3)n2)cc1. The molecule has 8 aromatic carbocycles. The van der Waals surface area contributed by atoms with E-state index >= 15 is 0 Å². The molecule has 0 aliphatic heterocycles. The molecular formula is C47H28N4S. The summed E-state index contributed by atoms with van der Waals surface area (Å²) in [6.07, 6.45) is 0. The molecule has 0 bridgehead atoms. The second kappa shape index (κ2) is 11.4. The average Bonchev–Trinajstić information content (AvgIpc) is 3.77. The molecule has 0 N–H and O–H groups in total. The number of aromatic nitrogens is 4. The molecule has 0 saturated carbocycles. The maximum atomic E-state index is 5.06. The first kappa shape index (κ1) is 29.1. The van der Waals surface area contributed by atoms with E-state index in [-0.39, 0.29) is 0 Å². The van der Waals surface area contributed by atoms with Crippen molar-refractivity contribution in [3.05, 3.63) is 170 Å². The fraction of sp³-hybridized carbons (Fsp3) is 0. The van der Waals surface area contributed by atoms with Crippen molar-refractivity contribution in [3.8, 4) is 39.9 Å². The molecule has 11 aromatic rings. The summed E-state index contributed by atoms with van der Waals surface area (Å²) in [5.41, 5.74) is 6.33. The van der Waals surface area contributed by atoms with Gasteiger partial charge in [-0.1, -0.05) is 133 Å². The zero-order chi connectivity index (χ0) is 34.2. The van der Waals surface area contributed by atoms with Gasteiger partial charge in [0.15, 0.2) is 17.5 Å². The lowest BCUT2D eigenvalue weighted by atomic mass is 10.0. The van der Waals surface area contributed by atoms with Crippen LogP contribution >= 0.6 is 11.3 Å². The predicted octanol–water partition coefficient (Wildman–Crippen LogP) is 12.6. The minimum absolute atomic E-state index is 0.647. The zero-order valence-electron chi connectivity index (χ0n) is 27.9. The second-order valence-corrected chi connectivity index (χ2v) is 14.3. The van der Waals surface area contributed by atoms with Crippen LogP contribution in [-0.2, 0) is 0 Å². The van der Waals surface area contributed by atoms with Crippen molar-refractivity contribution in [3.63, 3.8) is 0 Å². The molecule has 5 heteroatoms. The number of fused-ring (bicyclic) bond motifs is 10. The normalized spacial score (nSPS) is 11.8. The van der Waals surface area contributed by atoms with E-state index in [2.05, 4.69) is 114 Å². The molecule has 242 valence electrons. The van der Waals surface area contributed by atoms with Gasteiger partial charge in [-0.25, -0.2) is 15.0 Å². The topological polar surface area (TPSA) is 43.6 Å². The highest BCUT2D eigenvalue weighted by molar-refractivity contribution is 7.26. The van der Waals surface area contributed by atoms with Crippen LogP contribution in [0.1, 0.15) is 0 Å². The monoisotopic (exact) mass is 680 g/mol. The number of benzene rings is 8. The highest BCUT2D eigenvalue weighted by Crippen LogP contribution is 2.44. The van der Waals surface area contributed by atoms with Crippen molar-refractivity contribution in [1.29, 1.82) is 0 Å². The second-order valence-electron chi connectivity index (χ2n) is 13.2. The summed E-state index contributed by atoms with van der Waals surface area (Å²) >= 11 is 1.88. The summed E-state index contributed by atoms with van der Waals surface area (Å²) in [6, 6.07) is 60.3. The van der Waals surface area contributed by atoms with Crippen LogP contribution in [0.15, 0.2) is 170 Å². The van der Waals surface area contributed by atoms with Gasteiger partial charge >= 0.3 is 0 Å². The Bertz CT molecular complexity index is 3120. The third-order valence-corrected chi connectivity index (χ3v) is 11.4. The maximum absolute atomic E-state index is 5.06. The standard InChI is InChI=1S/C47H28N4S/c1-3-12-30(13-4-1)45-48-46(31-14-5-2-6-15-31)50-47(49-45)33-20-26-41-40(28-33)37-23-25-39-36(22-24-38-35-17-9-10-18-42(35)52-44(38)39)43(37)51(41)34-21-19-29-11-7-8-16-32(29)27-34/h1-28H. The Balaban J connectivity index is 1.20. The molecule has 0 unspecified atom stereocenters. The molecule has 3 aromatic heterocycles. The van der Waals surface area contributed by atoms with E-state index in [9.17, 15) is 0 Å². The molecule has 4 nitrogen and oxygen atoms in total. The van der Waals surface area contributed by atoms with Gasteiger partial charge in [-0.05, 0) is 47.2 Å². The summed E-state index contributed by atoms with van der Waals surface area (Å²) in [5.74, 6) is 1.96. The Morgan fingerprint density at radius 1 is 0.385 bits per heavy atom. The third-order valence-electron chi connectivity index (χ3n) is 10.2. The van der Waals surface area contributed by atoms with Crippen molar-refractivity contribution < 1.29 is 0 Å². The highest BCUT2D eigenvalue weighted by atomic mass is 32.1. The van der Waals surface area contributed by atoms with E-state index in [1.54, 1.807) is 0 Å². The molecule has 0 spiro atoms. The van der Waals surface area contributed by atoms with Gasteiger partial charge in [0.25, 0.3) is 0 Å². The Hall–Kier alpha value is -6.69. The van der Waals surface area contributed by atoms with Gasteiger partial charge in [0, 0.05) is 64.1 Å². The Morgan fingerprint density at radius 3 is 1.69 bits per heavy atom. The van der Waals surface area contributed by atoms with E-state index in [0.717, 1.165) is 33.3 Å². The van der Waals surface area contributed by atoms with Crippen LogP contribution in [0.2, 0.25) is 0 Å². The molecule has 0 amide bonds. The molecular weight excluding hydrogens is 653 g/mol. The molecule has 52 heavy (non-hydrogen) atoms. The lowest BCUT2D eigenvalue weighted by Gasteiger charge is -2.12. The van der Waals surface area contributed by atoms with E-state index in [0.29, 0.717) is 17.5 Å². The minimum atomic E-state index is 0.647. The lowest BCUT2D eigenvalue weighted by molar-refractivity contribution is 1.07. The molecule has 0 fully saturated rings. The van der Waals surface area contributed by atoms with Gasteiger partial charge in [-0.15, -0.1) is 11.3 Å². The largest absolute Gasteiger partial charge is 0.309 e. The summed E-state index contributed by atoms with van der Waals surface area (Å²) in [4.78, 5) is 15.1. The van der Waals surface area contributed by atoms with Crippen molar-refractivity contribution in [1.82, 2.24) is 19.5 Å². The van der Waals surface area contributed by atoms with Crippen molar-refractivity contribution >= 4 is 74.9 Å². The number of rotatable bonds is 4. The summed E-state index contributed by atoms with van der Waals surface area (Å²) in [5, 5.41) is 9.91. The summed E-state index contributed by atoms with van der Waals surface area (Å²) in [6.45, 7) is 0. The van der Waals surface area contributed by atoms with E-state index in [4.69, 9.17) is 15.0 Å². The first-order chi connectivity index (χ1) is 25.8. The zero-order valence-corrected chi connectivity index (χ0v) is 28.7. The molecule has 0 radical (unpaired) electrons. The van der Waals surface area contributed by atoms with Gasteiger partial charge in [0.05, 0.1) is 11.0 Å². The molecule has 3 heterocycles. The van der Waals surface area contributed by atoms with Gasteiger partial charge < -0.3 is 4.57 Å². The van der Waals surface area contributed by atoms with E-state index < -0.39 is 0 Å². The van der Waals surface area contributed by atoms with E-state index in [1.165, 1.54) is 52.6 Å². The minimum Gasteiger partial charge on any atom is -0.309 e. The van der Waals surface area contributed by atoms with Crippen LogP contribution < -0.4 is 0 Å². The average molecular weight is 681 g/mol. The number of nitrogens with zero attached hydrogens (tertiary/aromatic N) is 4.